The van der Waals surface area contributed by atoms with Crippen LogP contribution >= 0.6 is 0 Å². The molecule has 0 spiro atoms. The van der Waals surface area contributed by atoms with Crippen LogP contribution < -0.4 is 21.7 Å². The minimum Gasteiger partial charge on any atom is -0.379 e. The van der Waals surface area contributed by atoms with Crippen LogP contribution in [0, 0.1) is 23.7 Å². The fourth-order valence-electron chi connectivity index (χ4n) is 7.66. The third kappa shape index (κ3) is 12.7. The molecule has 14 nitrogen and oxygen atoms in total. The van der Waals surface area contributed by atoms with Crippen molar-refractivity contribution < 1.29 is 39.2 Å². The van der Waals surface area contributed by atoms with Gasteiger partial charge in [-0.3, -0.25) is 28.9 Å². The molecule has 6 N–H and O–H groups in total. The highest BCUT2D eigenvalue weighted by atomic mass is 16.5. The Morgan fingerprint density at radius 1 is 0.907 bits per heavy atom. The van der Waals surface area contributed by atoms with E-state index in [1.165, 1.54) is 7.11 Å². The first kappa shape index (κ1) is 46.6. The highest BCUT2D eigenvalue weighted by Gasteiger charge is 2.43. The molecule has 1 heterocycles. The Hall–Kier alpha value is -3.59. The van der Waals surface area contributed by atoms with Gasteiger partial charge in [0.05, 0.1) is 49.2 Å². The number of hydrogen-bond donors (Lipinski definition) is 4. The zero-order valence-electron chi connectivity index (χ0n) is 34.9. The quantitative estimate of drug-likeness (QED) is 0.147. The molecule has 8 unspecified atom stereocenters. The van der Waals surface area contributed by atoms with E-state index in [0.29, 0.717) is 19.5 Å². The van der Waals surface area contributed by atoms with Gasteiger partial charge in [-0.1, -0.05) is 67.0 Å². The number of ether oxygens (including phenoxy) is 2. The number of rotatable bonds is 21. The van der Waals surface area contributed by atoms with Crippen LogP contribution in [0.3, 0.4) is 0 Å². The summed E-state index contributed by atoms with van der Waals surface area (Å²) in [5.74, 6) is -2.07. The number of amides is 5. The summed E-state index contributed by atoms with van der Waals surface area (Å²) in [5.41, 5.74) is 5.67. The van der Waals surface area contributed by atoms with E-state index < -0.39 is 36.3 Å². The summed E-state index contributed by atoms with van der Waals surface area (Å²) in [6, 6.07) is 5.53. The summed E-state index contributed by atoms with van der Waals surface area (Å²) >= 11 is 0. The molecule has 1 aromatic carbocycles. The van der Waals surface area contributed by atoms with Crippen LogP contribution in [0.4, 0.5) is 5.69 Å². The van der Waals surface area contributed by atoms with E-state index in [0.717, 1.165) is 24.1 Å². The van der Waals surface area contributed by atoms with E-state index in [1.54, 1.807) is 30.9 Å². The maximum Gasteiger partial charge on any atom is 0.245 e. The molecule has 1 aromatic rings. The van der Waals surface area contributed by atoms with Crippen molar-refractivity contribution in [3.8, 4) is 0 Å². The predicted octanol–water partition coefficient (Wildman–Crippen LogP) is 1.94. The SMILES string of the molecule is CCC(C)C(C(CC(=O)N1CCCC1C(OC)C(C)C(=O)NCC(=O)NCc1ccc([NH3+])cc1)OC)N(C)C(=O)C(NC(=O)C(C(C)C)N(C)C)C(C)C. The third-order valence-corrected chi connectivity index (χ3v) is 10.9. The van der Waals surface area contributed by atoms with Crippen LogP contribution in [0.25, 0.3) is 0 Å². The summed E-state index contributed by atoms with van der Waals surface area (Å²) in [6.07, 6.45) is 0.907. The maximum atomic E-state index is 14.2. The molecular weight excluding hydrogens is 690 g/mol. The van der Waals surface area contributed by atoms with Gasteiger partial charge in [-0.15, -0.1) is 0 Å². The number of quaternary nitrogens is 1. The summed E-state index contributed by atoms with van der Waals surface area (Å²) in [4.78, 5) is 72.8. The fraction of sp³-hybridized carbons (Fsp3) is 0.725. The van der Waals surface area contributed by atoms with Crippen molar-refractivity contribution in [3.05, 3.63) is 29.8 Å². The van der Waals surface area contributed by atoms with Gasteiger partial charge in [0, 0.05) is 34.4 Å². The zero-order valence-corrected chi connectivity index (χ0v) is 34.9. The Morgan fingerprint density at radius 3 is 2.06 bits per heavy atom. The minimum atomic E-state index is -0.765. The van der Waals surface area contributed by atoms with Crippen LogP contribution in [0.5, 0.6) is 0 Å². The molecule has 1 fully saturated rings. The Balaban J connectivity index is 2.17. The molecule has 1 saturated heterocycles. The number of likely N-dealkylation sites (N-methyl/N-ethyl adjacent to an activating group) is 2. The van der Waals surface area contributed by atoms with Gasteiger partial charge in [0.1, 0.15) is 11.7 Å². The van der Waals surface area contributed by atoms with Crippen molar-refractivity contribution in [1.82, 2.24) is 30.7 Å². The van der Waals surface area contributed by atoms with Gasteiger partial charge in [0.15, 0.2) is 0 Å². The van der Waals surface area contributed by atoms with Gasteiger partial charge >= 0.3 is 0 Å². The van der Waals surface area contributed by atoms with Crippen LogP contribution in [-0.4, -0.2) is 129 Å². The molecule has 2 rings (SSSR count). The second-order valence-electron chi connectivity index (χ2n) is 15.8. The number of nitrogens with one attached hydrogen (secondary N) is 3. The number of hydrogen-bond acceptors (Lipinski definition) is 8. The Morgan fingerprint density at radius 2 is 1.54 bits per heavy atom. The minimum absolute atomic E-state index is 0.0169. The smallest absolute Gasteiger partial charge is 0.245 e. The standard InChI is InChI=1S/C40H69N7O7/c1-13-26(6)36(46(10)40(52)34(24(2)3)44-39(51)35(25(4)5)45(8)9)31(53-11)21-33(49)47-20-14-15-30(47)37(54-12)27(7)38(50)43-23-32(48)42-22-28-16-18-29(41)19-17-28/h16-19,24-27,30-31,34-37H,13-15,20-23,41H2,1-12H3,(H,42,48)(H,43,50)(H,44,51)/p+1. The van der Waals surface area contributed by atoms with Crippen LogP contribution in [0.2, 0.25) is 0 Å². The van der Waals surface area contributed by atoms with E-state index in [2.05, 4.69) is 21.7 Å². The Labute approximate surface area is 323 Å². The highest BCUT2D eigenvalue weighted by Crippen LogP contribution is 2.29. The fourth-order valence-corrected chi connectivity index (χ4v) is 7.66. The average Bonchev–Trinajstić information content (AvgIpc) is 3.61. The third-order valence-electron chi connectivity index (χ3n) is 10.9. The molecule has 54 heavy (non-hydrogen) atoms. The summed E-state index contributed by atoms with van der Waals surface area (Å²) in [5, 5.41) is 8.56. The highest BCUT2D eigenvalue weighted by molar-refractivity contribution is 5.90. The lowest BCUT2D eigenvalue weighted by atomic mass is 9.89. The number of benzene rings is 1. The van der Waals surface area contributed by atoms with E-state index in [1.807, 2.05) is 84.8 Å². The number of carbonyl (C=O) groups is 5. The first-order valence-corrected chi connectivity index (χ1v) is 19.4. The largest absolute Gasteiger partial charge is 0.379 e. The predicted molar refractivity (Wildman–Crippen MR) is 209 cm³/mol. The normalized spacial score (nSPS) is 18.4. The van der Waals surface area contributed by atoms with Crippen molar-refractivity contribution in [3.63, 3.8) is 0 Å². The molecular formula is C40H70N7O7+. The van der Waals surface area contributed by atoms with Gasteiger partial charge < -0.3 is 41.0 Å². The van der Waals surface area contributed by atoms with Crippen molar-refractivity contribution in [1.29, 1.82) is 0 Å². The summed E-state index contributed by atoms with van der Waals surface area (Å²) < 4.78 is 11.9. The summed E-state index contributed by atoms with van der Waals surface area (Å²) in [6.45, 7) is 14.2. The lowest BCUT2D eigenvalue weighted by Crippen LogP contribution is -2.59. The van der Waals surface area contributed by atoms with E-state index in [4.69, 9.17) is 9.47 Å². The van der Waals surface area contributed by atoms with Crippen LogP contribution in [0.1, 0.15) is 79.7 Å². The lowest BCUT2D eigenvalue weighted by molar-refractivity contribution is -0.254. The Kier molecular flexibility index (Phi) is 19.0. The van der Waals surface area contributed by atoms with Gasteiger partial charge in [-0.2, -0.15) is 0 Å². The first-order valence-electron chi connectivity index (χ1n) is 19.4. The van der Waals surface area contributed by atoms with Crippen LogP contribution in [-0.2, 0) is 40.0 Å². The average molecular weight is 761 g/mol. The van der Waals surface area contributed by atoms with Crippen LogP contribution in [0.15, 0.2) is 24.3 Å². The molecule has 14 heteroatoms. The zero-order chi connectivity index (χ0) is 40.9. The van der Waals surface area contributed by atoms with E-state index in [9.17, 15) is 24.0 Å². The molecule has 0 saturated carbocycles. The van der Waals surface area contributed by atoms with Crippen molar-refractivity contribution in [2.24, 2.45) is 23.7 Å². The second kappa shape index (κ2) is 22.1. The molecule has 1 aliphatic rings. The van der Waals surface area contributed by atoms with Crippen molar-refractivity contribution in [2.45, 2.75) is 117 Å². The first-order chi connectivity index (χ1) is 25.4. The molecule has 5 amide bonds. The monoisotopic (exact) mass is 761 g/mol. The topological polar surface area (TPSA) is 177 Å². The molecule has 8 atom stereocenters. The molecule has 306 valence electrons. The molecule has 1 aliphatic heterocycles. The van der Waals surface area contributed by atoms with Crippen molar-refractivity contribution >= 4 is 35.2 Å². The summed E-state index contributed by atoms with van der Waals surface area (Å²) in [7, 11) is 8.51. The van der Waals surface area contributed by atoms with Gasteiger partial charge in [0.2, 0.25) is 29.5 Å². The van der Waals surface area contributed by atoms with Gasteiger partial charge in [-0.25, -0.2) is 0 Å². The molecule has 0 aromatic heterocycles. The number of carbonyl (C=O) groups excluding carboxylic acids is 5. The van der Waals surface area contributed by atoms with E-state index >= 15 is 0 Å². The molecule has 0 radical (unpaired) electrons. The Bertz CT molecular complexity index is 1360. The second-order valence-corrected chi connectivity index (χ2v) is 15.8. The molecule has 0 aliphatic carbocycles. The number of likely N-dealkylation sites (tertiary alicyclic amines) is 1. The van der Waals surface area contributed by atoms with E-state index in [-0.39, 0.29) is 66.3 Å². The van der Waals surface area contributed by atoms with Gasteiger partial charge in [-0.05, 0) is 62.4 Å². The van der Waals surface area contributed by atoms with Crippen molar-refractivity contribution in [2.75, 3.05) is 48.5 Å². The number of methoxy groups -OCH3 is 2. The maximum absolute atomic E-state index is 14.2. The number of nitrogens with zero attached hydrogens (tertiary/aromatic N) is 3. The lowest BCUT2D eigenvalue weighted by Gasteiger charge is -2.41. The van der Waals surface area contributed by atoms with Gasteiger partial charge in [0.25, 0.3) is 0 Å². The molecule has 0 bridgehead atoms.